The number of carboxylic acid groups (broad SMARTS) is 1. The number of carboxylic acids is 1. The average Bonchev–Trinajstić information content (AvgIpc) is 2.87. The maximum absolute atomic E-state index is 13.9. The summed E-state index contributed by atoms with van der Waals surface area (Å²) >= 11 is 0. The van der Waals surface area contributed by atoms with Gasteiger partial charge in [0.15, 0.2) is 0 Å². The van der Waals surface area contributed by atoms with Crippen molar-refractivity contribution in [1.29, 1.82) is 0 Å². The Morgan fingerprint density at radius 3 is 0.870 bits per heavy atom. The maximum atomic E-state index is 13.9. The van der Waals surface area contributed by atoms with Crippen molar-refractivity contribution in [3.8, 4) is 0 Å². The van der Waals surface area contributed by atoms with Gasteiger partial charge in [0, 0.05) is 12.8 Å². The van der Waals surface area contributed by atoms with Gasteiger partial charge in [0.2, 0.25) is 0 Å². The topological polar surface area (TPSA) is 37.3 Å². The zero-order valence-electron chi connectivity index (χ0n) is 22.8. The molecule has 0 aliphatic carbocycles. The number of hydrogen-bond donors (Lipinski definition) is 1. The van der Waals surface area contributed by atoms with Crippen LogP contribution in [0.15, 0.2) is 0 Å². The third kappa shape index (κ3) is 7.82. The molecular weight excluding hydrogens is 707 g/mol. The molecule has 1 N–H and O–H groups in total. The van der Waals surface area contributed by atoms with Crippen LogP contribution in [0.25, 0.3) is 0 Å². The molecule has 0 saturated carbocycles. The van der Waals surface area contributed by atoms with Crippen molar-refractivity contribution in [3.63, 3.8) is 0 Å². The van der Waals surface area contributed by atoms with Crippen molar-refractivity contribution in [1.82, 2.24) is 0 Å². The lowest BCUT2D eigenvalue weighted by atomic mass is 9.85. The molecule has 0 atom stereocenters. The molecule has 0 radical (unpaired) electrons. The van der Waals surface area contributed by atoms with Gasteiger partial charge in [-0.15, -0.1) is 0 Å². The van der Waals surface area contributed by atoms with Crippen LogP contribution >= 0.6 is 0 Å². The number of hydrogen-bond acceptors (Lipinski definition) is 1. The smallest absolute Gasteiger partial charge is 0.460 e. The van der Waals surface area contributed by atoms with Crippen LogP contribution in [0.2, 0.25) is 0 Å². The van der Waals surface area contributed by atoms with Crippen LogP contribution < -0.4 is 0 Å². The number of carbonyl (C=O) groups is 1. The van der Waals surface area contributed by atoms with E-state index in [0.717, 1.165) is 0 Å². The first-order valence-corrected chi connectivity index (χ1v) is 12.9. The SMILES string of the molecule is O=C(O)CCCCCCCCCCCCC(F)(F)C(F)(F)C(F)(F)C(F)(F)C(F)(F)C(F)(F)C(F)(F)C(F)(F)C(F)(F)C(F)(F)F. The summed E-state index contributed by atoms with van der Waals surface area (Å²) in [4.78, 5) is 10.3. The van der Waals surface area contributed by atoms with Crippen molar-refractivity contribution in [2.45, 2.75) is 137 Å². The highest BCUT2D eigenvalue weighted by Crippen LogP contribution is 2.66. The summed E-state index contributed by atoms with van der Waals surface area (Å²) in [6.07, 6.45) is -9.25. The van der Waals surface area contributed by atoms with Gasteiger partial charge in [-0.1, -0.05) is 51.4 Å². The fourth-order valence-electron chi connectivity index (χ4n) is 3.79. The Bertz CT molecular complexity index is 987. The summed E-state index contributed by atoms with van der Waals surface area (Å²) in [6, 6.07) is 0. The molecule has 46 heavy (non-hydrogen) atoms. The minimum Gasteiger partial charge on any atom is -0.481 e. The van der Waals surface area contributed by atoms with Crippen LogP contribution in [0, 0.1) is 0 Å². The van der Waals surface area contributed by atoms with Gasteiger partial charge in [0.25, 0.3) is 0 Å². The third-order valence-corrected chi connectivity index (χ3v) is 6.71. The second kappa shape index (κ2) is 14.2. The van der Waals surface area contributed by atoms with E-state index in [1.165, 1.54) is 0 Å². The molecule has 0 aromatic rings. The van der Waals surface area contributed by atoms with Gasteiger partial charge in [-0.2, -0.15) is 92.2 Å². The Labute approximate surface area is 245 Å². The maximum Gasteiger partial charge on any atom is 0.460 e. The van der Waals surface area contributed by atoms with Gasteiger partial charge >= 0.3 is 65.4 Å². The third-order valence-electron chi connectivity index (χ3n) is 6.71. The van der Waals surface area contributed by atoms with E-state index in [9.17, 15) is 97.0 Å². The molecule has 0 rings (SSSR count). The molecule has 0 bridgehead atoms. The highest BCUT2D eigenvalue weighted by molar-refractivity contribution is 5.66. The van der Waals surface area contributed by atoms with Crippen LogP contribution in [-0.4, -0.2) is 70.6 Å². The summed E-state index contributed by atoms with van der Waals surface area (Å²) in [5.74, 6) is -77.5. The fraction of sp³-hybridized carbons (Fsp3) is 0.957. The number of unbranched alkanes of at least 4 members (excludes halogenated alkanes) is 9. The lowest BCUT2D eigenvalue weighted by Crippen LogP contribution is -2.76. The Kier molecular flexibility index (Phi) is 13.6. The molecule has 0 aliphatic rings. The summed E-state index contributed by atoms with van der Waals surface area (Å²) < 4.78 is 281. The molecule has 0 fully saturated rings. The highest BCUT2D eigenvalue weighted by atomic mass is 19.4. The van der Waals surface area contributed by atoms with Gasteiger partial charge in [-0.25, -0.2) is 0 Å². The molecule has 0 spiro atoms. The molecule has 23 heteroatoms. The average molecular weight is 732 g/mol. The molecule has 0 saturated heterocycles. The molecule has 276 valence electrons. The molecule has 0 heterocycles. The first-order valence-electron chi connectivity index (χ1n) is 12.9. The lowest BCUT2D eigenvalue weighted by Gasteiger charge is -2.44. The highest BCUT2D eigenvalue weighted by Gasteiger charge is 2.97. The van der Waals surface area contributed by atoms with Crippen molar-refractivity contribution in [2.24, 2.45) is 0 Å². The van der Waals surface area contributed by atoms with E-state index in [1.54, 1.807) is 0 Å². The summed E-state index contributed by atoms with van der Waals surface area (Å²) in [5, 5.41) is 8.47. The minimum absolute atomic E-state index is 0.0656. The first kappa shape index (κ1) is 44.0. The predicted molar refractivity (Wildman–Crippen MR) is 114 cm³/mol. The van der Waals surface area contributed by atoms with Gasteiger partial charge in [0.05, 0.1) is 0 Å². The number of halogens is 21. The second-order valence-corrected chi connectivity index (χ2v) is 10.2. The first-order chi connectivity index (χ1) is 20.2. The van der Waals surface area contributed by atoms with Gasteiger partial charge in [-0.05, 0) is 12.8 Å². The zero-order valence-corrected chi connectivity index (χ0v) is 22.8. The molecule has 0 unspecified atom stereocenters. The van der Waals surface area contributed by atoms with Crippen LogP contribution in [-0.2, 0) is 4.79 Å². The van der Waals surface area contributed by atoms with Gasteiger partial charge in [0.1, 0.15) is 0 Å². The molecule has 0 amide bonds. The minimum atomic E-state index is -9.16. The normalized spacial score (nSPS) is 15.4. The molecule has 2 nitrogen and oxygen atoms in total. The van der Waals surface area contributed by atoms with Crippen LogP contribution in [0.3, 0.4) is 0 Å². The Morgan fingerprint density at radius 1 is 0.348 bits per heavy atom. The quantitative estimate of drug-likeness (QED) is 0.0943. The van der Waals surface area contributed by atoms with E-state index < -0.39 is 84.7 Å². The molecular formula is C23H25F21O2. The number of rotatable bonds is 21. The predicted octanol–water partition coefficient (Wildman–Crippen LogP) is 11.0. The van der Waals surface area contributed by atoms with Crippen molar-refractivity contribution < 1.29 is 102 Å². The van der Waals surface area contributed by atoms with Crippen LogP contribution in [0.4, 0.5) is 92.2 Å². The van der Waals surface area contributed by atoms with Gasteiger partial charge < -0.3 is 5.11 Å². The van der Waals surface area contributed by atoms with E-state index in [2.05, 4.69) is 0 Å². The molecule has 0 aromatic heterocycles. The van der Waals surface area contributed by atoms with E-state index >= 15 is 0 Å². The summed E-state index contributed by atoms with van der Waals surface area (Å²) in [6.45, 7) is 0. The van der Waals surface area contributed by atoms with Gasteiger partial charge in [-0.3, -0.25) is 4.79 Å². The van der Waals surface area contributed by atoms with Crippen LogP contribution in [0.1, 0.15) is 77.0 Å². The molecule has 0 aliphatic heterocycles. The fourth-order valence-corrected chi connectivity index (χ4v) is 3.79. The zero-order chi connectivity index (χ0) is 37.1. The Morgan fingerprint density at radius 2 is 0.587 bits per heavy atom. The van der Waals surface area contributed by atoms with Crippen LogP contribution in [0.5, 0.6) is 0 Å². The summed E-state index contributed by atoms with van der Waals surface area (Å²) in [7, 11) is 0. The number of aliphatic carboxylic acids is 1. The van der Waals surface area contributed by atoms with Crippen molar-refractivity contribution >= 4 is 5.97 Å². The van der Waals surface area contributed by atoms with E-state index in [0.29, 0.717) is 38.5 Å². The Hall–Kier alpha value is -2.00. The van der Waals surface area contributed by atoms with Crippen molar-refractivity contribution in [3.05, 3.63) is 0 Å². The van der Waals surface area contributed by atoms with Crippen molar-refractivity contribution in [2.75, 3.05) is 0 Å². The standard InChI is InChI=1S/C23H25F21O2/c24-14(25,12-10-8-6-4-2-1-3-5-7-9-11-13(45)46)15(26,27)16(28,29)17(30,31)18(32,33)19(34,35)20(36,37)21(38,39)22(40,41)23(42,43)44/h1-12H2,(H,45,46). The van der Waals surface area contributed by atoms with E-state index in [1.807, 2.05) is 0 Å². The Balaban J connectivity index is 5.76. The lowest BCUT2D eigenvalue weighted by molar-refractivity contribution is -0.474. The van der Waals surface area contributed by atoms with E-state index in [4.69, 9.17) is 5.11 Å². The monoisotopic (exact) mass is 732 g/mol. The number of alkyl halides is 21. The summed E-state index contributed by atoms with van der Waals surface area (Å²) in [5.41, 5.74) is 0. The largest absolute Gasteiger partial charge is 0.481 e. The molecule has 0 aromatic carbocycles. The van der Waals surface area contributed by atoms with E-state index in [-0.39, 0.29) is 19.3 Å². The second-order valence-electron chi connectivity index (χ2n) is 10.2.